The van der Waals surface area contributed by atoms with Crippen molar-refractivity contribution in [2.75, 3.05) is 0 Å². The molecule has 0 aliphatic heterocycles. The fourth-order valence-electron chi connectivity index (χ4n) is 3.87. The molecule has 1 fully saturated rings. The largest absolute Gasteiger partial charge is 0.0848 e. The monoisotopic (exact) mass is 174 g/mol. The highest BCUT2D eigenvalue weighted by Gasteiger charge is 2.53. The van der Waals surface area contributed by atoms with Crippen molar-refractivity contribution in [2.45, 2.75) is 27.2 Å². The van der Waals surface area contributed by atoms with E-state index >= 15 is 0 Å². The standard InChI is InChI=1S/C13H18/c1-8-6-11-9-4-5-10(7-9)12(11)13(8,2)3/h4-6,9-12H,7H2,1-3H3. The first kappa shape index (κ1) is 7.84. The van der Waals surface area contributed by atoms with Gasteiger partial charge in [-0.15, -0.1) is 0 Å². The van der Waals surface area contributed by atoms with E-state index in [4.69, 9.17) is 0 Å². The molecule has 1 saturated carbocycles. The van der Waals surface area contributed by atoms with Crippen LogP contribution in [0.25, 0.3) is 0 Å². The summed E-state index contributed by atoms with van der Waals surface area (Å²) < 4.78 is 0. The molecule has 0 aromatic heterocycles. The van der Waals surface area contributed by atoms with Crippen LogP contribution in [0.3, 0.4) is 0 Å². The van der Waals surface area contributed by atoms with Gasteiger partial charge in [0.05, 0.1) is 0 Å². The smallest absolute Gasteiger partial charge is 0.0108 e. The molecule has 4 atom stereocenters. The van der Waals surface area contributed by atoms with E-state index in [9.17, 15) is 0 Å². The van der Waals surface area contributed by atoms with E-state index in [1.54, 1.807) is 5.57 Å². The zero-order valence-electron chi connectivity index (χ0n) is 8.75. The second-order valence-electron chi connectivity index (χ2n) is 5.62. The highest BCUT2D eigenvalue weighted by molar-refractivity contribution is 5.31. The summed E-state index contributed by atoms with van der Waals surface area (Å²) in [4.78, 5) is 0. The Bertz CT molecular complexity index is 306. The first-order chi connectivity index (χ1) is 6.10. The molecule has 0 heterocycles. The first-order valence-electron chi connectivity index (χ1n) is 5.48. The summed E-state index contributed by atoms with van der Waals surface area (Å²) in [5.74, 6) is 3.57. The van der Waals surface area contributed by atoms with Crippen LogP contribution in [-0.4, -0.2) is 0 Å². The van der Waals surface area contributed by atoms with Crippen LogP contribution in [0.5, 0.6) is 0 Å². The van der Waals surface area contributed by atoms with Gasteiger partial charge in [0, 0.05) is 0 Å². The number of hydrogen-bond acceptors (Lipinski definition) is 0. The molecule has 70 valence electrons. The van der Waals surface area contributed by atoms with E-state index in [1.807, 2.05) is 0 Å². The van der Waals surface area contributed by atoms with Crippen molar-refractivity contribution in [3.63, 3.8) is 0 Å². The van der Waals surface area contributed by atoms with Crippen molar-refractivity contribution in [1.29, 1.82) is 0 Å². The SMILES string of the molecule is CC1=CC2C3C=CC(C3)C2C1(C)C. The molecule has 0 radical (unpaired) electrons. The van der Waals surface area contributed by atoms with Gasteiger partial charge < -0.3 is 0 Å². The summed E-state index contributed by atoms with van der Waals surface area (Å²) >= 11 is 0. The van der Waals surface area contributed by atoms with Crippen molar-refractivity contribution < 1.29 is 0 Å². The van der Waals surface area contributed by atoms with Crippen LogP contribution in [0.4, 0.5) is 0 Å². The van der Waals surface area contributed by atoms with Crippen LogP contribution >= 0.6 is 0 Å². The Morgan fingerprint density at radius 2 is 1.92 bits per heavy atom. The highest BCUT2D eigenvalue weighted by Crippen LogP contribution is 2.61. The minimum absolute atomic E-state index is 0.467. The number of allylic oxidation sites excluding steroid dienone is 4. The second-order valence-corrected chi connectivity index (χ2v) is 5.62. The fourth-order valence-corrected chi connectivity index (χ4v) is 3.87. The van der Waals surface area contributed by atoms with Crippen molar-refractivity contribution in [3.05, 3.63) is 23.8 Å². The quantitative estimate of drug-likeness (QED) is 0.494. The zero-order valence-corrected chi connectivity index (χ0v) is 8.75. The number of fused-ring (bicyclic) bond motifs is 5. The lowest BCUT2D eigenvalue weighted by Gasteiger charge is -2.34. The third kappa shape index (κ3) is 0.775. The summed E-state index contributed by atoms with van der Waals surface area (Å²) in [5, 5.41) is 0. The minimum Gasteiger partial charge on any atom is -0.0848 e. The third-order valence-corrected chi connectivity index (χ3v) is 4.81. The molecule has 0 N–H and O–H groups in total. The van der Waals surface area contributed by atoms with Crippen LogP contribution in [0, 0.1) is 29.1 Å². The predicted molar refractivity (Wildman–Crippen MR) is 55.3 cm³/mol. The summed E-state index contributed by atoms with van der Waals surface area (Å²) in [5.41, 5.74) is 2.09. The summed E-state index contributed by atoms with van der Waals surface area (Å²) in [6, 6.07) is 0. The van der Waals surface area contributed by atoms with Gasteiger partial charge in [0.25, 0.3) is 0 Å². The maximum absolute atomic E-state index is 2.55. The van der Waals surface area contributed by atoms with Gasteiger partial charge in [-0.2, -0.15) is 0 Å². The van der Waals surface area contributed by atoms with Gasteiger partial charge in [0.1, 0.15) is 0 Å². The highest BCUT2D eigenvalue weighted by atomic mass is 14.6. The normalized spacial score (nSPS) is 49.6. The lowest BCUT2D eigenvalue weighted by molar-refractivity contribution is 0.216. The molecule has 0 saturated heterocycles. The topological polar surface area (TPSA) is 0 Å². The van der Waals surface area contributed by atoms with E-state index < -0.39 is 0 Å². The maximum atomic E-state index is 2.55. The Kier molecular flexibility index (Phi) is 1.27. The lowest BCUT2D eigenvalue weighted by Crippen LogP contribution is -2.28. The van der Waals surface area contributed by atoms with Gasteiger partial charge in [-0.05, 0) is 42.4 Å². The van der Waals surface area contributed by atoms with Gasteiger partial charge in [-0.1, -0.05) is 37.6 Å². The molecule has 0 amide bonds. The molecular formula is C13H18. The predicted octanol–water partition coefficient (Wildman–Crippen LogP) is 3.41. The van der Waals surface area contributed by atoms with E-state index in [1.165, 1.54) is 6.42 Å². The molecular weight excluding hydrogens is 156 g/mol. The fraction of sp³-hybridized carbons (Fsp3) is 0.692. The van der Waals surface area contributed by atoms with Crippen LogP contribution in [0.15, 0.2) is 23.8 Å². The lowest BCUT2D eigenvalue weighted by atomic mass is 9.70. The Hall–Kier alpha value is -0.520. The van der Waals surface area contributed by atoms with Crippen LogP contribution in [-0.2, 0) is 0 Å². The molecule has 2 bridgehead atoms. The van der Waals surface area contributed by atoms with Crippen LogP contribution < -0.4 is 0 Å². The van der Waals surface area contributed by atoms with Crippen molar-refractivity contribution in [1.82, 2.24) is 0 Å². The molecule has 0 aromatic carbocycles. The van der Waals surface area contributed by atoms with Gasteiger partial charge >= 0.3 is 0 Å². The summed E-state index contributed by atoms with van der Waals surface area (Å²) in [7, 11) is 0. The molecule has 0 heteroatoms. The molecule has 4 unspecified atom stereocenters. The molecule has 0 nitrogen and oxygen atoms in total. The molecule has 3 aliphatic rings. The van der Waals surface area contributed by atoms with E-state index in [0.29, 0.717) is 5.41 Å². The van der Waals surface area contributed by atoms with E-state index in [0.717, 1.165) is 23.7 Å². The van der Waals surface area contributed by atoms with Gasteiger partial charge in [-0.25, -0.2) is 0 Å². The second kappa shape index (κ2) is 2.10. The first-order valence-corrected chi connectivity index (χ1v) is 5.48. The average molecular weight is 174 g/mol. The van der Waals surface area contributed by atoms with Gasteiger partial charge in [0.2, 0.25) is 0 Å². The average Bonchev–Trinajstić information content (AvgIpc) is 2.66. The maximum Gasteiger partial charge on any atom is -0.0108 e. The summed E-state index contributed by atoms with van der Waals surface area (Å²) in [6.07, 6.45) is 8.92. The van der Waals surface area contributed by atoms with Crippen LogP contribution in [0.2, 0.25) is 0 Å². The van der Waals surface area contributed by atoms with Crippen molar-refractivity contribution >= 4 is 0 Å². The van der Waals surface area contributed by atoms with Crippen molar-refractivity contribution in [3.8, 4) is 0 Å². The zero-order chi connectivity index (χ0) is 9.22. The Labute approximate surface area is 80.7 Å². The Morgan fingerprint density at radius 3 is 2.62 bits per heavy atom. The molecule has 13 heavy (non-hydrogen) atoms. The number of hydrogen-bond donors (Lipinski definition) is 0. The third-order valence-electron chi connectivity index (χ3n) is 4.81. The molecule has 0 spiro atoms. The minimum atomic E-state index is 0.467. The van der Waals surface area contributed by atoms with Gasteiger partial charge in [0.15, 0.2) is 0 Å². The Balaban J connectivity index is 2.07. The molecule has 0 aromatic rings. The summed E-state index contributed by atoms with van der Waals surface area (Å²) in [6.45, 7) is 7.17. The van der Waals surface area contributed by atoms with E-state index in [2.05, 4.69) is 39.0 Å². The molecule has 3 rings (SSSR count). The molecule has 3 aliphatic carbocycles. The van der Waals surface area contributed by atoms with Crippen molar-refractivity contribution in [2.24, 2.45) is 29.1 Å². The van der Waals surface area contributed by atoms with Crippen LogP contribution in [0.1, 0.15) is 27.2 Å². The number of rotatable bonds is 0. The Morgan fingerprint density at radius 1 is 1.23 bits per heavy atom. The van der Waals surface area contributed by atoms with E-state index in [-0.39, 0.29) is 0 Å². The van der Waals surface area contributed by atoms with Gasteiger partial charge in [-0.3, -0.25) is 0 Å².